The summed E-state index contributed by atoms with van der Waals surface area (Å²) in [6.07, 6.45) is 4.02. The van der Waals surface area contributed by atoms with Gasteiger partial charge in [-0.15, -0.1) is 0 Å². The predicted octanol–water partition coefficient (Wildman–Crippen LogP) is 2.80. The second kappa shape index (κ2) is 3.37. The topological polar surface area (TPSA) is 26.0 Å². The molecule has 72 valence electrons. The van der Waals surface area contributed by atoms with Crippen molar-refractivity contribution >= 4 is 0 Å². The Morgan fingerprint density at radius 2 is 1.92 bits per heavy atom. The van der Waals surface area contributed by atoms with Gasteiger partial charge in [0.15, 0.2) is 0 Å². The molecular formula is C11H23N. The molecule has 0 amide bonds. The molecule has 12 heavy (non-hydrogen) atoms. The highest BCUT2D eigenvalue weighted by molar-refractivity contribution is 4.88. The van der Waals surface area contributed by atoms with Crippen molar-refractivity contribution in [2.75, 3.05) is 0 Å². The molecule has 1 aliphatic carbocycles. The van der Waals surface area contributed by atoms with Gasteiger partial charge in [-0.1, -0.05) is 27.7 Å². The van der Waals surface area contributed by atoms with E-state index < -0.39 is 0 Å². The van der Waals surface area contributed by atoms with Gasteiger partial charge in [0.25, 0.3) is 0 Å². The summed E-state index contributed by atoms with van der Waals surface area (Å²) < 4.78 is 0. The van der Waals surface area contributed by atoms with E-state index in [1.54, 1.807) is 0 Å². The Labute approximate surface area is 76.7 Å². The third kappa shape index (κ3) is 2.22. The molecule has 1 heteroatoms. The molecule has 2 unspecified atom stereocenters. The van der Waals surface area contributed by atoms with E-state index in [4.69, 9.17) is 5.73 Å². The van der Waals surface area contributed by atoms with Crippen LogP contribution in [-0.4, -0.2) is 6.04 Å². The molecule has 1 aliphatic rings. The Kier molecular flexibility index (Phi) is 2.82. The molecule has 0 heterocycles. The van der Waals surface area contributed by atoms with Crippen molar-refractivity contribution < 1.29 is 0 Å². The van der Waals surface area contributed by atoms with E-state index in [1.165, 1.54) is 19.3 Å². The molecule has 0 spiro atoms. The Morgan fingerprint density at radius 3 is 2.25 bits per heavy atom. The first-order valence-electron chi connectivity index (χ1n) is 5.18. The average Bonchev–Trinajstić information content (AvgIpc) is 2.28. The van der Waals surface area contributed by atoms with Crippen LogP contribution in [0.3, 0.4) is 0 Å². The lowest BCUT2D eigenvalue weighted by Crippen LogP contribution is -2.34. The van der Waals surface area contributed by atoms with Crippen LogP contribution >= 0.6 is 0 Å². The van der Waals surface area contributed by atoms with E-state index in [0.29, 0.717) is 17.4 Å². The maximum Gasteiger partial charge on any atom is 0.00905 e. The first kappa shape index (κ1) is 10.0. The van der Waals surface area contributed by atoms with E-state index in [-0.39, 0.29) is 0 Å². The maximum absolute atomic E-state index is 6.14. The Bertz CT molecular complexity index is 149. The number of hydrogen-bond donors (Lipinski definition) is 1. The summed E-state index contributed by atoms with van der Waals surface area (Å²) in [5.41, 5.74) is 6.70. The van der Waals surface area contributed by atoms with E-state index in [2.05, 4.69) is 27.7 Å². The summed E-state index contributed by atoms with van der Waals surface area (Å²) in [6.45, 7) is 9.19. The van der Waals surface area contributed by atoms with Crippen LogP contribution in [0, 0.1) is 17.3 Å². The van der Waals surface area contributed by atoms with Gasteiger partial charge in [0.05, 0.1) is 0 Å². The van der Waals surface area contributed by atoms with Crippen LogP contribution in [0.1, 0.15) is 47.0 Å². The SMILES string of the molecule is CC(C)C(N)C1CCC(C)(C)C1. The van der Waals surface area contributed by atoms with Crippen LogP contribution in [0.2, 0.25) is 0 Å². The smallest absolute Gasteiger partial charge is 0.00905 e. The molecule has 0 aromatic heterocycles. The zero-order valence-corrected chi connectivity index (χ0v) is 8.93. The first-order chi connectivity index (χ1) is 5.42. The molecule has 0 radical (unpaired) electrons. The zero-order valence-electron chi connectivity index (χ0n) is 8.93. The lowest BCUT2D eigenvalue weighted by atomic mass is 9.85. The Hall–Kier alpha value is -0.0400. The second-order valence-electron chi connectivity index (χ2n) is 5.49. The number of nitrogens with two attached hydrogens (primary N) is 1. The summed E-state index contributed by atoms with van der Waals surface area (Å²) >= 11 is 0. The van der Waals surface area contributed by atoms with Crippen molar-refractivity contribution in [1.82, 2.24) is 0 Å². The third-order valence-electron chi connectivity index (χ3n) is 3.32. The van der Waals surface area contributed by atoms with Crippen molar-refractivity contribution in [2.45, 2.75) is 53.0 Å². The molecule has 0 aromatic carbocycles. The monoisotopic (exact) mass is 169 g/mol. The fourth-order valence-electron chi connectivity index (χ4n) is 2.36. The lowest BCUT2D eigenvalue weighted by molar-refractivity contribution is 0.304. The molecule has 0 aromatic rings. The second-order valence-corrected chi connectivity index (χ2v) is 5.49. The molecule has 1 nitrogen and oxygen atoms in total. The van der Waals surface area contributed by atoms with Gasteiger partial charge in [0, 0.05) is 6.04 Å². The molecule has 1 fully saturated rings. The van der Waals surface area contributed by atoms with Crippen molar-refractivity contribution in [3.05, 3.63) is 0 Å². The van der Waals surface area contributed by atoms with Gasteiger partial charge < -0.3 is 5.73 Å². The maximum atomic E-state index is 6.14. The Morgan fingerprint density at radius 1 is 1.33 bits per heavy atom. The van der Waals surface area contributed by atoms with Gasteiger partial charge in [-0.05, 0) is 36.5 Å². The summed E-state index contributed by atoms with van der Waals surface area (Å²) in [4.78, 5) is 0. The minimum atomic E-state index is 0.423. The van der Waals surface area contributed by atoms with Crippen molar-refractivity contribution in [3.63, 3.8) is 0 Å². The van der Waals surface area contributed by atoms with Gasteiger partial charge in [-0.2, -0.15) is 0 Å². The minimum Gasteiger partial charge on any atom is -0.327 e. The fraction of sp³-hybridized carbons (Fsp3) is 1.00. The van der Waals surface area contributed by atoms with E-state index in [1.807, 2.05) is 0 Å². The predicted molar refractivity (Wildman–Crippen MR) is 53.9 cm³/mol. The standard InChI is InChI=1S/C11H23N/c1-8(2)10(12)9-5-6-11(3,4)7-9/h8-10H,5-7,12H2,1-4H3. The minimum absolute atomic E-state index is 0.423. The highest BCUT2D eigenvalue weighted by atomic mass is 14.7. The number of rotatable bonds is 2. The first-order valence-corrected chi connectivity index (χ1v) is 5.18. The molecule has 1 rings (SSSR count). The van der Waals surface area contributed by atoms with E-state index in [9.17, 15) is 0 Å². The van der Waals surface area contributed by atoms with Crippen LogP contribution < -0.4 is 5.73 Å². The van der Waals surface area contributed by atoms with Crippen molar-refractivity contribution in [2.24, 2.45) is 23.0 Å². The fourth-order valence-corrected chi connectivity index (χ4v) is 2.36. The van der Waals surface area contributed by atoms with Crippen LogP contribution in [0.15, 0.2) is 0 Å². The van der Waals surface area contributed by atoms with Crippen molar-refractivity contribution in [3.8, 4) is 0 Å². The summed E-state index contributed by atoms with van der Waals surface area (Å²) in [7, 11) is 0. The third-order valence-corrected chi connectivity index (χ3v) is 3.32. The van der Waals surface area contributed by atoms with Crippen LogP contribution in [-0.2, 0) is 0 Å². The van der Waals surface area contributed by atoms with Gasteiger partial charge >= 0.3 is 0 Å². The lowest BCUT2D eigenvalue weighted by Gasteiger charge is -2.24. The highest BCUT2D eigenvalue weighted by Gasteiger charge is 2.34. The van der Waals surface area contributed by atoms with Gasteiger partial charge in [-0.25, -0.2) is 0 Å². The van der Waals surface area contributed by atoms with Crippen molar-refractivity contribution in [1.29, 1.82) is 0 Å². The Balaban J connectivity index is 2.47. The largest absolute Gasteiger partial charge is 0.327 e. The summed E-state index contributed by atoms with van der Waals surface area (Å²) in [6, 6.07) is 0.423. The highest BCUT2D eigenvalue weighted by Crippen LogP contribution is 2.42. The van der Waals surface area contributed by atoms with Crippen LogP contribution in [0.4, 0.5) is 0 Å². The molecule has 0 bridgehead atoms. The van der Waals surface area contributed by atoms with E-state index in [0.717, 1.165) is 5.92 Å². The summed E-state index contributed by atoms with van der Waals surface area (Å²) in [5.74, 6) is 1.42. The molecule has 2 atom stereocenters. The normalized spacial score (nSPS) is 31.0. The molecule has 0 aliphatic heterocycles. The van der Waals surface area contributed by atoms with E-state index >= 15 is 0 Å². The van der Waals surface area contributed by atoms with Crippen LogP contribution in [0.5, 0.6) is 0 Å². The van der Waals surface area contributed by atoms with Gasteiger partial charge in [0.1, 0.15) is 0 Å². The van der Waals surface area contributed by atoms with Gasteiger partial charge in [0.2, 0.25) is 0 Å². The number of hydrogen-bond acceptors (Lipinski definition) is 1. The van der Waals surface area contributed by atoms with Gasteiger partial charge in [-0.3, -0.25) is 0 Å². The molecule has 2 N–H and O–H groups in total. The summed E-state index contributed by atoms with van der Waals surface area (Å²) in [5, 5.41) is 0. The quantitative estimate of drug-likeness (QED) is 0.676. The zero-order chi connectivity index (χ0) is 9.35. The molecule has 0 saturated heterocycles. The average molecular weight is 169 g/mol. The molecular weight excluding hydrogens is 146 g/mol. The molecule has 1 saturated carbocycles. The van der Waals surface area contributed by atoms with Crippen LogP contribution in [0.25, 0.3) is 0 Å².